The summed E-state index contributed by atoms with van der Waals surface area (Å²) in [6.45, 7) is 0. The second-order valence-electron chi connectivity index (χ2n) is 2.48. The average molecular weight is 324 g/mol. The summed E-state index contributed by atoms with van der Waals surface area (Å²) in [7, 11) is 0. The molecule has 0 aliphatic carbocycles. The molecule has 0 fully saturated rings. The van der Waals surface area contributed by atoms with E-state index < -0.39 is 36.4 Å². The van der Waals surface area contributed by atoms with Crippen molar-refractivity contribution in [3.05, 3.63) is 0 Å². The number of hydrogen-bond acceptors (Lipinski definition) is 4. The van der Waals surface area contributed by atoms with Crippen LogP contribution in [0.2, 0.25) is 0 Å². The third-order valence-corrected chi connectivity index (χ3v) is 1.29. The Morgan fingerprint density at radius 3 is 1.33 bits per heavy atom. The van der Waals surface area contributed by atoms with Crippen molar-refractivity contribution in [1.29, 1.82) is 0 Å². The van der Waals surface area contributed by atoms with E-state index >= 15 is 0 Å². The summed E-state index contributed by atoms with van der Waals surface area (Å²) in [5.41, 5.74) is -2.74. The minimum atomic E-state index is -2.74. The Kier molecular flexibility index (Phi) is 11.3. The van der Waals surface area contributed by atoms with E-state index in [0.717, 1.165) is 0 Å². The van der Waals surface area contributed by atoms with Gasteiger partial charge in [-0.25, -0.2) is 4.79 Å². The molecule has 7 nitrogen and oxygen atoms in total. The van der Waals surface area contributed by atoms with Crippen LogP contribution >= 0.6 is 0 Å². The Hall–Kier alpha value is 0.110. The molecule has 0 amide bonds. The first-order valence-corrected chi connectivity index (χ1v) is 3.17. The summed E-state index contributed by atoms with van der Waals surface area (Å²) in [6.07, 6.45) is -2.29. The van der Waals surface area contributed by atoms with Crippen LogP contribution in [0.25, 0.3) is 0 Å². The van der Waals surface area contributed by atoms with E-state index in [-0.39, 0.29) is 51.9 Å². The molecule has 0 heterocycles. The van der Waals surface area contributed by atoms with Gasteiger partial charge in [-0.2, -0.15) is 0 Å². The Balaban J connectivity index is -0.000000720. The molecular weight excluding hydrogens is 315 g/mol. The summed E-state index contributed by atoms with van der Waals surface area (Å²) in [6, 6.07) is 0. The van der Waals surface area contributed by atoms with Gasteiger partial charge in [0.15, 0.2) is 5.60 Å². The standard InChI is InChI=1S/C6H8O7.Ag.Na.H/c7-3(8)1-6(13,5(11)12)2-4(9)10;;;/h13H,1-2H2,(H,7,8)(H,9,10)(H,11,12);;;. The summed E-state index contributed by atoms with van der Waals surface area (Å²) < 4.78 is 0. The van der Waals surface area contributed by atoms with Crippen molar-refractivity contribution in [2.75, 3.05) is 0 Å². The van der Waals surface area contributed by atoms with Gasteiger partial charge in [0, 0.05) is 22.4 Å². The average Bonchev–Trinajstić information content (AvgIpc) is 1.82. The fourth-order valence-corrected chi connectivity index (χ4v) is 0.714. The number of carboxylic acid groups (broad SMARTS) is 3. The molecule has 0 unspecified atom stereocenters. The van der Waals surface area contributed by atoms with Gasteiger partial charge in [0.25, 0.3) is 0 Å². The van der Waals surface area contributed by atoms with E-state index in [9.17, 15) is 14.4 Å². The van der Waals surface area contributed by atoms with Crippen molar-refractivity contribution < 1.29 is 57.2 Å². The number of carboxylic acids is 3. The molecule has 0 atom stereocenters. The SMILES string of the molecule is O=C(O)CC(O)(CC(=O)O)C(=O)O.[Ag].[NaH]. The molecule has 15 heavy (non-hydrogen) atoms. The fourth-order valence-electron chi connectivity index (χ4n) is 0.714. The van der Waals surface area contributed by atoms with Gasteiger partial charge >= 0.3 is 47.5 Å². The van der Waals surface area contributed by atoms with Gasteiger partial charge in [0.1, 0.15) is 0 Å². The third kappa shape index (κ3) is 7.97. The topological polar surface area (TPSA) is 132 Å². The molecule has 4 N–H and O–H groups in total. The predicted molar refractivity (Wildman–Crippen MR) is 44.2 cm³/mol. The number of rotatable bonds is 5. The molecule has 0 rings (SSSR count). The van der Waals surface area contributed by atoms with Crippen LogP contribution in [0.1, 0.15) is 12.8 Å². The van der Waals surface area contributed by atoms with Crippen LogP contribution in [0, 0.1) is 0 Å². The van der Waals surface area contributed by atoms with Gasteiger partial charge in [-0.1, -0.05) is 0 Å². The Labute approximate surface area is 122 Å². The normalized spacial score (nSPS) is 9.40. The zero-order chi connectivity index (χ0) is 10.6. The van der Waals surface area contributed by atoms with Crippen molar-refractivity contribution in [1.82, 2.24) is 0 Å². The molecule has 0 aromatic heterocycles. The van der Waals surface area contributed by atoms with Crippen molar-refractivity contribution in [2.24, 2.45) is 0 Å². The maximum atomic E-state index is 10.3. The molecule has 0 saturated carbocycles. The first-order valence-electron chi connectivity index (χ1n) is 3.17. The molecular formula is C6H9AgNaO7. The number of hydrogen-bond donors (Lipinski definition) is 4. The Bertz CT molecular complexity index is 238. The van der Waals surface area contributed by atoms with Crippen LogP contribution in [0.4, 0.5) is 0 Å². The van der Waals surface area contributed by atoms with Crippen LogP contribution in [0.15, 0.2) is 0 Å². The van der Waals surface area contributed by atoms with E-state index in [1.165, 1.54) is 0 Å². The van der Waals surface area contributed by atoms with Gasteiger partial charge in [0.2, 0.25) is 0 Å². The number of aliphatic hydroxyl groups is 1. The predicted octanol–water partition coefficient (Wildman–Crippen LogP) is -1.90. The quantitative estimate of drug-likeness (QED) is 0.434. The number of aliphatic carboxylic acids is 3. The van der Waals surface area contributed by atoms with Crippen molar-refractivity contribution in [2.45, 2.75) is 18.4 Å². The van der Waals surface area contributed by atoms with Gasteiger partial charge < -0.3 is 20.4 Å². The summed E-state index contributed by atoms with van der Waals surface area (Å²) in [4.78, 5) is 30.5. The zero-order valence-corrected chi connectivity index (χ0v) is 8.21. The first-order chi connectivity index (χ1) is 5.78. The number of carbonyl (C=O) groups is 3. The molecule has 0 aliphatic heterocycles. The van der Waals surface area contributed by atoms with Crippen LogP contribution < -0.4 is 0 Å². The molecule has 0 bridgehead atoms. The maximum absolute atomic E-state index is 10.3. The van der Waals surface area contributed by atoms with Crippen LogP contribution in [0.5, 0.6) is 0 Å². The molecule has 0 aromatic carbocycles. The minimum absolute atomic E-state index is 0. The first kappa shape index (κ1) is 20.5. The molecule has 0 aliphatic rings. The van der Waals surface area contributed by atoms with Crippen molar-refractivity contribution in [3.8, 4) is 0 Å². The van der Waals surface area contributed by atoms with E-state index in [1.807, 2.05) is 0 Å². The van der Waals surface area contributed by atoms with E-state index in [2.05, 4.69) is 0 Å². The van der Waals surface area contributed by atoms with Crippen LogP contribution in [-0.2, 0) is 36.8 Å². The Morgan fingerprint density at radius 1 is 0.933 bits per heavy atom. The van der Waals surface area contributed by atoms with Crippen LogP contribution in [-0.4, -0.2) is 73.5 Å². The van der Waals surface area contributed by atoms with E-state index in [4.69, 9.17) is 20.4 Å². The van der Waals surface area contributed by atoms with Gasteiger partial charge in [-0.15, -0.1) is 0 Å². The monoisotopic (exact) mass is 323 g/mol. The molecule has 0 saturated heterocycles. The summed E-state index contributed by atoms with van der Waals surface area (Å²) in [5.74, 6) is -5.02. The zero-order valence-electron chi connectivity index (χ0n) is 6.73. The van der Waals surface area contributed by atoms with E-state index in [1.54, 1.807) is 0 Å². The van der Waals surface area contributed by atoms with Gasteiger partial charge in [-0.05, 0) is 0 Å². The molecule has 0 spiro atoms. The molecule has 1 radical (unpaired) electrons. The van der Waals surface area contributed by atoms with Gasteiger partial charge in [-0.3, -0.25) is 9.59 Å². The third-order valence-electron chi connectivity index (χ3n) is 1.29. The summed E-state index contributed by atoms with van der Waals surface area (Å²) >= 11 is 0. The Morgan fingerprint density at radius 2 is 1.20 bits per heavy atom. The molecule has 87 valence electrons. The van der Waals surface area contributed by atoms with Crippen molar-refractivity contribution in [3.63, 3.8) is 0 Å². The molecule has 9 heteroatoms. The second kappa shape index (κ2) is 8.28. The van der Waals surface area contributed by atoms with E-state index in [0.29, 0.717) is 0 Å². The summed E-state index contributed by atoms with van der Waals surface area (Å²) in [5, 5.41) is 33.8. The van der Waals surface area contributed by atoms with Crippen LogP contribution in [0.3, 0.4) is 0 Å². The van der Waals surface area contributed by atoms with Gasteiger partial charge in [0.05, 0.1) is 12.8 Å². The molecule has 0 aromatic rings. The fraction of sp³-hybridized carbons (Fsp3) is 0.500. The second-order valence-corrected chi connectivity index (χ2v) is 2.48. The van der Waals surface area contributed by atoms with Crippen molar-refractivity contribution >= 4 is 47.5 Å².